The molecule has 1 aliphatic carbocycles. The van der Waals surface area contributed by atoms with Gasteiger partial charge in [0.1, 0.15) is 24.2 Å². The zero-order valence-electron chi connectivity index (χ0n) is 18.2. The van der Waals surface area contributed by atoms with Gasteiger partial charge in [-0.05, 0) is 54.3 Å². The molecule has 1 aliphatic rings. The molecule has 34 heavy (non-hydrogen) atoms. The Morgan fingerprint density at radius 3 is 2.76 bits per heavy atom. The summed E-state index contributed by atoms with van der Waals surface area (Å²) in [5.74, 6) is -1.50. The molecule has 0 saturated carbocycles. The molecular formula is C25H23ClFN3O4. The number of fused-ring (bicyclic) bond motifs is 1. The van der Waals surface area contributed by atoms with E-state index in [4.69, 9.17) is 22.1 Å². The van der Waals surface area contributed by atoms with Crippen molar-refractivity contribution < 1.29 is 23.8 Å². The molecule has 0 radical (unpaired) electrons. The Bertz CT molecular complexity index is 1210. The van der Waals surface area contributed by atoms with Crippen LogP contribution in [-0.4, -0.2) is 40.0 Å². The number of primary amides is 1. The monoisotopic (exact) mass is 483 g/mol. The number of nitrogens with zero attached hydrogens (tertiary/aromatic N) is 2. The number of aliphatic hydroxyl groups excluding tert-OH is 1. The van der Waals surface area contributed by atoms with Gasteiger partial charge in [0.2, 0.25) is 5.91 Å². The Hall–Kier alpha value is -3.49. The first-order valence-corrected chi connectivity index (χ1v) is 11.1. The van der Waals surface area contributed by atoms with Crippen LogP contribution < -0.4 is 10.5 Å². The summed E-state index contributed by atoms with van der Waals surface area (Å²) in [6.45, 7) is -0.251. The van der Waals surface area contributed by atoms with E-state index < -0.39 is 29.7 Å². The average Bonchev–Trinajstić information content (AvgIpc) is 3.25. The van der Waals surface area contributed by atoms with E-state index >= 15 is 0 Å². The van der Waals surface area contributed by atoms with Crippen molar-refractivity contribution in [1.29, 1.82) is 0 Å². The fourth-order valence-corrected chi connectivity index (χ4v) is 4.63. The van der Waals surface area contributed by atoms with Crippen LogP contribution in [0.4, 0.5) is 4.39 Å². The maximum atomic E-state index is 14.7. The van der Waals surface area contributed by atoms with E-state index in [1.807, 2.05) is 0 Å². The minimum atomic E-state index is -1.18. The van der Waals surface area contributed by atoms with E-state index in [-0.39, 0.29) is 29.5 Å². The third kappa shape index (κ3) is 4.60. The molecule has 1 heterocycles. The maximum Gasteiger partial charge on any atom is 0.259 e. The standard InChI is InChI=1S/C25H23ClFN3O4/c26-16-12-19-17(20(27)13-16)7-8-21(19)30(23(24(28)32)15-4-3-9-29-14-15)25(33)18-5-1-2-6-22(18)34-11-10-31/h1-6,9,12-14,21,23,31H,7-8,10-11H2,(H2,28,32)/t21-,23?/m1/s1. The van der Waals surface area contributed by atoms with Crippen LogP contribution in [0.2, 0.25) is 5.02 Å². The second-order valence-corrected chi connectivity index (χ2v) is 8.32. The van der Waals surface area contributed by atoms with E-state index in [9.17, 15) is 19.1 Å². The van der Waals surface area contributed by atoms with Gasteiger partial charge in [0.05, 0.1) is 18.2 Å². The van der Waals surface area contributed by atoms with Gasteiger partial charge in [0.25, 0.3) is 5.91 Å². The molecule has 1 unspecified atom stereocenters. The van der Waals surface area contributed by atoms with Crippen molar-refractivity contribution in [3.8, 4) is 5.75 Å². The van der Waals surface area contributed by atoms with Gasteiger partial charge in [-0.3, -0.25) is 14.6 Å². The van der Waals surface area contributed by atoms with E-state index in [0.29, 0.717) is 29.5 Å². The zero-order chi connectivity index (χ0) is 24.2. The smallest absolute Gasteiger partial charge is 0.259 e. The lowest BCUT2D eigenvalue weighted by Crippen LogP contribution is -2.43. The number of hydrogen-bond donors (Lipinski definition) is 2. The number of amides is 2. The lowest BCUT2D eigenvalue weighted by atomic mass is 9.98. The van der Waals surface area contributed by atoms with Gasteiger partial charge in [-0.1, -0.05) is 29.8 Å². The number of carbonyl (C=O) groups is 2. The van der Waals surface area contributed by atoms with Crippen LogP contribution in [-0.2, 0) is 11.2 Å². The van der Waals surface area contributed by atoms with Crippen molar-refractivity contribution in [2.45, 2.75) is 24.9 Å². The average molecular weight is 484 g/mol. The summed E-state index contributed by atoms with van der Waals surface area (Å²) in [5, 5.41) is 9.37. The van der Waals surface area contributed by atoms with E-state index in [0.717, 1.165) is 0 Å². The van der Waals surface area contributed by atoms with E-state index in [2.05, 4.69) is 4.98 Å². The first-order valence-electron chi connectivity index (χ1n) is 10.7. The summed E-state index contributed by atoms with van der Waals surface area (Å²) in [7, 11) is 0. The predicted octanol–water partition coefficient (Wildman–Crippen LogP) is 3.60. The molecule has 2 atom stereocenters. The van der Waals surface area contributed by atoms with Gasteiger partial charge in [0, 0.05) is 23.0 Å². The number of nitrogens with two attached hydrogens (primary N) is 1. The highest BCUT2D eigenvalue weighted by atomic mass is 35.5. The van der Waals surface area contributed by atoms with E-state index in [1.165, 1.54) is 17.2 Å². The molecule has 0 aliphatic heterocycles. The highest BCUT2D eigenvalue weighted by molar-refractivity contribution is 6.30. The normalized spacial score (nSPS) is 15.4. The van der Waals surface area contributed by atoms with Crippen molar-refractivity contribution in [3.63, 3.8) is 0 Å². The summed E-state index contributed by atoms with van der Waals surface area (Å²) >= 11 is 6.15. The predicted molar refractivity (Wildman–Crippen MR) is 124 cm³/mol. The highest BCUT2D eigenvalue weighted by Gasteiger charge is 2.41. The Balaban J connectivity index is 1.87. The quantitative estimate of drug-likeness (QED) is 0.509. The Labute approximate surface area is 200 Å². The van der Waals surface area contributed by atoms with Gasteiger partial charge in [0.15, 0.2) is 0 Å². The number of aliphatic hydroxyl groups is 1. The molecule has 4 rings (SSSR count). The maximum absolute atomic E-state index is 14.7. The molecule has 0 fully saturated rings. The molecule has 1 aromatic heterocycles. The third-order valence-electron chi connectivity index (χ3n) is 5.81. The first kappa shape index (κ1) is 23.7. The van der Waals surface area contributed by atoms with Crippen molar-refractivity contribution in [1.82, 2.24) is 9.88 Å². The molecule has 3 aromatic rings. The lowest BCUT2D eigenvalue weighted by Gasteiger charge is -2.36. The largest absolute Gasteiger partial charge is 0.490 e. The summed E-state index contributed by atoms with van der Waals surface area (Å²) in [4.78, 5) is 32.3. The second kappa shape index (κ2) is 10.2. The number of aromatic nitrogens is 1. The minimum absolute atomic E-state index is 0.0147. The Morgan fingerprint density at radius 1 is 1.26 bits per heavy atom. The molecule has 2 aromatic carbocycles. The number of hydrogen-bond acceptors (Lipinski definition) is 5. The summed E-state index contributed by atoms with van der Waals surface area (Å²) in [6, 6.07) is 10.8. The van der Waals surface area contributed by atoms with Crippen LogP contribution >= 0.6 is 11.6 Å². The summed E-state index contributed by atoms with van der Waals surface area (Å²) in [5.41, 5.74) is 7.41. The first-order chi connectivity index (χ1) is 16.4. The molecule has 2 amide bonds. The Morgan fingerprint density at radius 2 is 2.06 bits per heavy atom. The van der Waals surface area contributed by atoms with Crippen LogP contribution in [0.5, 0.6) is 5.75 Å². The number of ether oxygens (including phenoxy) is 1. The van der Waals surface area contributed by atoms with Crippen LogP contribution in [0.3, 0.4) is 0 Å². The van der Waals surface area contributed by atoms with Crippen LogP contribution in [0, 0.1) is 5.82 Å². The molecule has 176 valence electrons. The van der Waals surface area contributed by atoms with Crippen molar-refractivity contribution in [3.05, 3.63) is 94.0 Å². The van der Waals surface area contributed by atoms with Gasteiger partial charge >= 0.3 is 0 Å². The molecule has 0 spiro atoms. The Kier molecular flexibility index (Phi) is 7.09. The molecule has 0 saturated heterocycles. The van der Waals surface area contributed by atoms with Gasteiger partial charge in [-0.25, -0.2) is 4.39 Å². The van der Waals surface area contributed by atoms with Crippen molar-refractivity contribution >= 4 is 23.4 Å². The number of halogens is 2. The van der Waals surface area contributed by atoms with E-state index in [1.54, 1.807) is 48.7 Å². The number of rotatable bonds is 8. The number of para-hydroxylation sites is 1. The lowest BCUT2D eigenvalue weighted by molar-refractivity contribution is -0.123. The number of carbonyl (C=O) groups excluding carboxylic acids is 2. The molecular weight excluding hydrogens is 461 g/mol. The fraction of sp³-hybridized carbons (Fsp3) is 0.240. The molecule has 9 heteroatoms. The van der Waals surface area contributed by atoms with Gasteiger partial charge in [-0.15, -0.1) is 0 Å². The topological polar surface area (TPSA) is 106 Å². The SMILES string of the molecule is NC(=O)C(c1cccnc1)N(C(=O)c1ccccc1OCCO)[C@@H]1CCc2c(F)cc(Cl)cc21. The highest BCUT2D eigenvalue weighted by Crippen LogP contribution is 2.43. The van der Waals surface area contributed by atoms with Crippen LogP contribution in [0.25, 0.3) is 0 Å². The summed E-state index contributed by atoms with van der Waals surface area (Å²) in [6.07, 6.45) is 3.76. The fourth-order valence-electron chi connectivity index (χ4n) is 4.41. The minimum Gasteiger partial charge on any atom is -0.490 e. The molecule has 0 bridgehead atoms. The van der Waals surface area contributed by atoms with Crippen LogP contribution in [0.1, 0.15) is 45.6 Å². The third-order valence-corrected chi connectivity index (χ3v) is 6.02. The van der Waals surface area contributed by atoms with Gasteiger partial charge in [-0.2, -0.15) is 0 Å². The van der Waals surface area contributed by atoms with Crippen molar-refractivity contribution in [2.75, 3.05) is 13.2 Å². The zero-order valence-corrected chi connectivity index (χ0v) is 18.9. The van der Waals surface area contributed by atoms with Crippen LogP contribution in [0.15, 0.2) is 60.9 Å². The second-order valence-electron chi connectivity index (χ2n) is 7.88. The number of pyridine rings is 1. The number of benzene rings is 2. The van der Waals surface area contributed by atoms with Crippen molar-refractivity contribution in [2.24, 2.45) is 5.73 Å². The molecule has 3 N–H and O–H groups in total. The summed E-state index contributed by atoms with van der Waals surface area (Å²) < 4.78 is 20.2. The molecule has 7 nitrogen and oxygen atoms in total. The van der Waals surface area contributed by atoms with Gasteiger partial charge < -0.3 is 20.5 Å².